The summed E-state index contributed by atoms with van der Waals surface area (Å²) in [5, 5.41) is 11.2. The minimum Gasteiger partial charge on any atom is -0.494 e. The monoisotopic (exact) mass is 457 g/mol. The Morgan fingerprint density at radius 2 is 2.00 bits per heavy atom. The molecule has 1 aromatic heterocycles. The first-order valence-corrected chi connectivity index (χ1v) is 9.43. The van der Waals surface area contributed by atoms with Crippen LogP contribution in [0, 0.1) is 6.92 Å². The first-order chi connectivity index (χ1) is 13.3. The number of H-pyrrole nitrogens is 1. The molecule has 2 aromatic carbocycles. The molecule has 0 bridgehead atoms. The number of aromatic nitrogens is 2. The molecule has 6 nitrogen and oxygen atoms in total. The van der Waals surface area contributed by atoms with Crippen molar-refractivity contribution in [2.75, 3.05) is 0 Å². The first kappa shape index (κ1) is 18.5. The van der Waals surface area contributed by atoms with Crippen LogP contribution < -0.4 is 11.2 Å². The Morgan fingerprint density at radius 1 is 1.21 bits per heavy atom. The summed E-state index contributed by atoms with van der Waals surface area (Å²) in [6, 6.07) is 10.5. The fourth-order valence-corrected chi connectivity index (χ4v) is 3.50. The quantitative estimate of drug-likeness (QED) is 0.603. The van der Waals surface area contributed by atoms with Gasteiger partial charge in [-0.05, 0) is 48.9 Å². The van der Waals surface area contributed by atoms with Crippen molar-refractivity contribution in [1.29, 1.82) is 0 Å². The van der Waals surface area contributed by atoms with Crippen molar-refractivity contribution in [3.63, 3.8) is 0 Å². The summed E-state index contributed by atoms with van der Waals surface area (Å²) in [5.74, 6) is -0.474. The maximum Gasteiger partial charge on any atom is 0.335 e. The van der Waals surface area contributed by atoms with Crippen LogP contribution in [0.1, 0.15) is 16.7 Å². The molecule has 2 N–H and O–H groups in total. The summed E-state index contributed by atoms with van der Waals surface area (Å²) in [5.41, 5.74) is 1.88. The number of benzene rings is 2. The van der Waals surface area contributed by atoms with Crippen molar-refractivity contribution in [3.8, 4) is 11.6 Å². The van der Waals surface area contributed by atoms with E-state index >= 15 is 0 Å². The van der Waals surface area contributed by atoms with E-state index < -0.39 is 17.1 Å². The SMILES string of the molecule is Cc1ccc(-n2c(O)c(/C=C3\C=Nc4ccc(Br)cc43)c(=O)[nH]c2=O)cc1Cl. The molecule has 0 spiro atoms. The fourth-order valence-electron chi connectivity index (χ4n) is 2.96. The molecule has 28 heavy (non-hydrogen) atoms. The Labute approximate surface area is 172 Å². The number of nitrogens with one attached hydrogen (secondary N) is 1. The number of aliphatic imine (C=N–C) groups is 1. The van der Waals surface area contributed by atoms with Crippen LogP contribution in [0.25, 0.3) is 17.3 Å². The van der Waals surface area contributed by atoms with Crippen LogP contribution in [0.5, 0.6) is 5.88 Å². The predicted octanol–water partition coefficient (Wildman–Crippen LogP) is 4.21. The van der Waals surface area contributed by atoms with Gasteiger partial charge in [0.05, 0.1) is 11.4 Å². The van der Waals surface area contributed by atoms with Gasteiger partial charge < -0.3 is 5.11 Å². The highest BCUT2D eigenvalue weighted by molar-refractivity contribution is 9.10. The summed E-state index contributed by atoms with van der Waals surface area (Å²) in [6.45, 7) is 1.83. The summed E-state index contributed by atoms with van der Waals surface area (Å²) >= 11 is 9.56. The maximum atomic E-state index is 12.4. The number of halogens is 2. The van der Waals surface area contributed by atoms with Crippen LogP contribution in [0.15, 0.2) is 55.5 Å². The molecule has 1 aliphatic rings. The van der Waals surface area contributed by atoms with Crippen LogP contribution >= 0.6 is 27.5 Å². The van der Waals surface area contributed by atoms with Gasteiger partial charge in [0.15, 0.2) is 0 Å². The normalized spacial score (nSPS) is 13.9. The van der Waals surface area contributed by atoms with Gasteiger partial charge >= 0.3 is 5.69 Å². The lowest BCUT2D eigenvalue weighted by Gasteiger charge is -2.11. The molecule has 3 aromatic rings. The number of allylic oxidation sites excluding steroid dienone is 1. The average molecular weight is 459 g/mol. The number of aromatic amines is 1. The Hall–Kier alpha value is -2.90. The number of nitrogens with zero attached hydrogens (tertiary/aromatic N) is 2. The van der Waals surface area contributed by atoms with E-state index in [4.69, 9.17) is 11.6 Å². The van der Waals surface area contributed by atoms with Gasteiger partial charge in [-0.3, -0.25) is 14.8 Å². The summed E-state index contributed by atoms with van der Waals surface area (Å²) in [7, 11) is 0. The number of hydrogen-bond acceptors (Lipinski definition) is 4. The molecule has 2 heterocycles. The summed E-state index contributed by atoms with van der Waals surface area (Å²) < 4.78 is 1.87. The van der Waals surface area contributed by atoms with Gasteiger partial charge in [0, 0.05) is 26.8 Å². The third-order valence-electron chi connectivity index (χ3n) is 4.45. The molecule has 0 fully saturated rings. The molecule has 0 amide bonds. The standard InChI is InChI=1S/C20H13BrClN3O3/c1-10-2-4-13(8-16(10)22)25-19(27)15(18(26)24-20(25)28)6-11-9-23-17-5-3-12(21)7-14(11)17/h2-9,27H,1H3,(H,24,26,28)/b11-6+. The lowest BCUT2D eigenvalue weighted by atomic mass is 10.1. The van der Waals surface area contributed by atoms with E-state index in [1.807, 2.05) is 25.1 Å². The van der Waals surface area contributed by atoms with Crippen molar-refractivity contribution in [2.45, 2.75) is 6.92 Å². The highest BCUT2D eigenvalue weighted by atomic mass is 79.9. The molecule has 140 valence electrons. The van der Waals surface area contributed by atoms with Crippen LogP contribution in [0.4, 0.5) is 5.69 Å². The molecule has 4 rings (SSSR count). The van der Waals surface area contributed by atoms with E-state index in [9.17, 15) is 14.7 Å². The Balaban J connectivity index is 1.92. The van der Waals surface area contributed by atoms with E-state index in [2.05, 4.69) is 25.9 Å². The highest BCUT2D eigenvalue weighted by Crippen LogP contribution is 2.35. The van der Waals surface area contributed by atoms with Crippen LogP contribution in [0.2, 0.25) is 5.02 Å². The van der Waals surface area contributed by atoms with Gasteiger partial charge in [-0.25, -0.2) is 9.36 Å². The minimum absolute atomic E-state index is 0.0504. The summed E-state index contributed by atoms with van der Waals surface area (Å²) in [4.78, 5) is 31.3. The average Bonchev–Trinajstić information content (AvgIpc) is 3.03. The topological polar surface area (TPSA) is 87.4 Å². The molecule has 0 radical (unpaired) electrons. The smallest absolute Gasteiger partial charge is 0.335 e. The van der Waals surface area contributed by atoms with Gasteiger partial charge in [0.25, 0.3) is 5.56 Å². The number of hydrogen-bond donors (Lipinski definition) is 2. The van der Waals surface area contributed by atoms with Crippen molar-refractivity contribution < 1.29 is 5.11 Å². The van der Waals surface area contributed by atoms with E-state index in [-0.39, 0.29) is 5.56 Å². The van der Waals surface area contributed by atoms with Crippen LogP contribution in [-0.2, 0) is 0 Å². The van der Waals surface area contributed by atoms with Gasteiger partial charge in [-0.1, -0.05) is 33.6 Å². The van der Waals surface area contributed by atoms with Crippen molar-refractivity contribution >= 4 is 51.1 Å². The number of aromatic hydroxyl groups is 1. The van der Waals surface area contributed by atoms with E-state index in [1.54, 1.807) is 24.4 Å². The molecular weight excluding hydrogens is 446 g/mol. The van der Waals surface area contributed by atoms with Gasteiger partial charge in [-0.2, -0.15) is 0 Å². The second-order valence-electron chi connectivity index (χ2n) is 6.28. The molecule has 0 saturated carbocycles. The Kier molecular flexibility index (Phi) is 4.56. The van der Waals surface area contributed by atoms with Gasteiger partial charge in [0.2, 0.25) is 5.88 Å². The lowest BCUT2D eigenvalue weighted by Crippen LogP contribution is -2.30. The minimum atomic E-state index is -0.757. The molecular formula is C20H13BrClN3O3. The van der Waals surface area contributed by atoms with E-state index in [0.29, 0.717) is 16.3 Å². The maximum absolute atomic E-state index is 12.4. The zero-order valence-corrected chi connectivity index (χ0v) is 16.9. The number of aryl methyl sites for hydroxylation is 1. The molecule has 8 heteroatoms. The second-order valence-corrected chi connectivity index (χ2v) is 7.61. The third-order valence-corrected chi connectivity index (χ3v) is 5.35. The Morgan fingerprint density at radius 3 is 2.75 bits per heavy atom. The van der Waals surface area contributed by atoms with Crippen molar-refractivity contribution in [1.82, 2.24) is 9.55 Å². The first-order valence-electron chi connectivity index (χ1n) is 8.25. The predicted molar refractivity (Wildman–Crippen MR) is 114 cm³/mol. The van der Waals surface area contributed by atoms with Crippen LogP contribution in [-0.4, -0.2) is 20.9 Å². The van der Waals surface area contributed by atoms with E-state index in [1.165, 1.54) is 6.08 Å². The highest BCUT2D eigenvalue weighted by Gasteiger charge is 2.18. The molecule has 1 aliphatic heterocycles. The molecule has 0 atom stereocenters. The molecule has 0 aliphatic carbocycles. The second kappa shape index (κ2) is 6.92. The third kappa shape index (κ3) is 3.12. The number of fused-ring (bicyclic) bond motifs is 1. The summed E-state index contributed by atoms with van der Waals surface area (Å²) in [6.07, 6.45) is 3.11. The van der Waals surface area contributed by atoms with Crippen molar-refractivity contribution in [2.24, 2.45) is 4.99 Å². The van der Waals surface area contributed by atoms with Gasteiger partial charge in [0.1, 0.15) is 5.56 Å². The zero-order valence-electron chi connectivity index (χ0n) is 14.5. The number of rotatable bonds is 2. The Bertz CT molecular complexity index is 1310. The molecule has 0 unspecified atom stereocenters. The van der Waals surface area contributed by atoms with Gasteiger partial charge in [-0.15, -0.1) is 0 Å². The van der Waals surface area contributed by atoms with Crippen LogP contribution in [0.3, 0.4) is 0 Å². The largest absolute Gasteiger partial charge is 0.494 e. The lowest BCUT2D eigenvalue weighted by molar-refractivity contribution is 0.429. The molecule has 0 saturated heterocycles. The van der Waals surface area contributed by atoms with E-state index in [0.717, 1.165) is 25.9 Å². The fraction of sp³-hybridized carbons (Fsp3) is 0.0500. The zero-order chi connectivity index (χ0) is 20.0. The van der Waals surface area contributed by atoms with Crippen molar-refractivity contribution in [3.05, 3.63) is 83.4 Å².